The number of aryl methyl sites for hydroxylation is 1. The van der Waals surface area contributed by atoms with Gasteiger partial charge in [0.2, 0.25) is 5.91 Å². The lowest BCUT2D eigenvalue weighted by molar-refractivity contribution is -0.120. The lowest BCUT2D eigenvalue weighted by Crippen LogP contribution is -2.49. The van der Waals surface area contributed by atoms with Crippen LogP contribution in [0, 0.1) is 5.92 Å². The van der Waals surface area contributed by atoms with Crippen molar-refractivity contribution in [2.45, 2.75) is 39.3 Å². The zero-order valence-electron chi connectivity index (χ0n) is 14.8. The van der Waals surface area contributed by atoms with Gasteiger partial charge in [-0.25, -0.2) is 4.79 Å². The Morgan fingerprint density at radius 3 is 2.64 bits per heavy atom. The Morgan fingerprint density at radius 1 is 1.20 bits per heavy atom. The van der Waals surface area contributed by atoms with E-state index in [-0.39, 0.29) is 24.1 Å². The molecule has 0 fully saturated rings. The van der Waals surface area contributed by atoms with Crippen LogP contribution >= 0.6 is 0 Å². The van der Waals surface area contributed by atoms with Crippen molar-refractivity contribution in [1.29, 1.82) is 0 Å². The van der Waals surface area contributed by atoms with E-state index >= 15 is 0 Å². The van der Waals surface area contributed by atoms with Gasteiger partial charge in [0.25, 0.3) is 5.56 Å². The van der Waals surface area contributed by atoms with Gasteiger partial charge in [0, 0.05) is 31.0 Å². The van der Waals surface area contributed by atoms with E-state index in [0.717, 1.165) is 28.7 Å². The summed E-state index contributed by atoms with van der Waals surface area (Å²) in [5, 5.41) is 0. The SMILES string of the molecule is CC(C)[C@H]1CCc2ccccc2N1C(=O)Cn1ccc(=O)n(C)c1=O. The number of hydrogen-bond acceptors (Lipinski definition) is 3. The third-order valence-corrected chi connectivity index (χ3v) is 4.90. The van der Waals surface area contributed by atoms with E-state index in [1.54, 1.807) is 0 Å². The smallest absolute Gasteiger partial charge is 0.307 e. The Kier molecular flexibility index (Phi) is 4.61. The van der Waals surface area contributed by atoms with Crippen LogP contribution in [0.5, 0.6) is 0 Å². The van der Waals surface area contributed by atoms with Crippen molar-refractivity contribution in [3.63, 3.8) is 0 Å². The molecule has 0 radical (unpaired) electrons. The van der Waals surface area contributed by atoms with Crippen LogP contribution in [-0.4, -0.2) is 21.1 Å². The number of amides is 1. The second kappa shape index (κ2) is 6.70. The van der Waals surface area contributed by atoms with Crippen molar-refractivity contribution >= 4 is 11.6 Å². The Hall–Kier alpha value is -2.63. The van der Waals surface area contributed by atoms with E-state index < -0.39 is 5.69 Å². The summed E-state index contributed by atoms with van der Waals surface area (Å²) in [5.41, 5.74) is 1.22. The number of anilines is 1. The van der Waals surface area contributed by atoms with Crippen LogP contribution in [-0.2, 0) is 24.8 Å². The molecular weight excluding hydrogens is 318 g/mol. The third kappa shape index (κ3) is 3.16. The molecule has 1 aromatic heterocycles. The summed E-state index contributed by atoms with van der Waals surface area (Å²) < 4.78 is 2.30. The van der Waals surface area contributed by atoms with Gasteiger partial charge >= 0.3 is 5.69 Å². The Bertz CT molecular complexity index is 911. The van der Waals surface area contributed by atoms with E-state index in [2.05, 4.69) is 13.8 Å². The number of benzene rings is 1. The molecule has 2 aromatic rings. The van der Waals surface area contributed by atoms with Gasteiger partial charge in [0.15, 0.2) is 0 Å². The maximum absolute atomic E-state index is 13.1. The fourth-order valence-corrected chi connectivity index (χ4v) is 3.48. The maximum atomic E-state index is 13.1. The number of carbonyl (C=O) groups excluding carboxylic acids is 1. The first-order valence-corrected chi connectivity index (χ1v) is 8.56. The lowest BCUT2D eigenvalue weighted by Gasteiger charge is -2.39. The van der Waals surface area contributed by atoms with E-state index in [0.29, 0.717) is 5.92 Å². The largest absolute Gasteiger partial charge is 0.331 e. The van der Waals surface area contributed by atoms with E-state index in [4.69, 9.17) is 0 Å². The highest BCUT2D eigenvalue weighted by Crippen LogP contribution is 2.33. The predicted octanol–water partition coefficient (Wildman–Crippen LogP) is 1.55. The number of carbonyl (C=O) groups is 1. The number of rotatable bonds is 3. The number of aromatic nitrogens is 2. The Labute approximate surface area is 146 Å². The zero-order valence-corrected chi connectivity index (χ0v) is 14.8. The van der Waals surface area contributed by atoms with Gasteiger partial charge in [-0.2, -0.15) is 0 Å². The molecule has 6 nitrogen and oxygen atoms in total. The fraction of sp³-hybridized carbons (Fsp3) is 0.421. The minimum Gasteiger partial charge on any atom is -0.307 e. The quantitative estimate of drug-likeness (QED) is 0.851. The normalized spacial score (nSPS) is 16.8. The molecule has 0 spiro atoms. The molecule has 0 unspecified atom stereocenters. The highest BCUT2D eigenvalue weighted by molar-refractivity contribution is 5.95. The molecule has 2 heterocycles. The average Bonchev–Trinajstić information content (AvgIpc) is 2.61. The lowest BCUT2D eigenvalue weighted by atomic mass is 9.89. The molecule has 1 amide bonds. The summed E-state index contributed by atoms with van der Waals surface area (Å²) in [6, 6.07) is 9.33. The summed E-state index contributed by atoms with van der Waals surface area (Å²) in [4.78, 5) is 38.7. The monoisotopic (exact) mass is 341 g/mol. The van der Waals surface area contributed by atoms with Crippen molar-refractivity contribution in [1.82, 2.24) is 9.13 Å². The minimum atomic E-state index is -0.479. The van der Waals surface area contributed by atoms with Crippen molar-refractivity contribution < 1.29 is 4.79 Å². The van der Waals surface area contributed by atoms with Crippen molar-refractivity contribution in [3.8, 4) is 0 Å². The van der Waals surface area contributed by atoms with Crippen LogP contribution in [0.3, 0.4) is 0 Å². The van der Waals surface area contributed by atoms with Crippen LogP contribution in [0.1, 0.15) is 25.8 Å². The van der Waals surface area contributed by atoms with Gasteiger partial charge in [-0.1, -0.05) is 32.0 Å². The summed E-state index contributed by atoms with van der Waals surface area (Å²) in [5.74, 6) is 0.181. The first-order chi connectivity index (χ1) is 11.9. The molecule has 1 aromatic carbocycles. The molecule has 0 N–H and O–H groups in total. The van der Waals surface area contributed by atoms with Gasteiger partial charge < -0.3 is 4.90 Å². The molecule has 25 heavy (non-hydrogen) atoms. The Morgan fingerprint density at radius 2 is 1.92 bits per heavy atom. The molecule has 1 aliphatic rings. The summed E-state index contributed by atoms with van der Waals surface area (Å²) in [6.45, 7) is 4.14. The van der Waals surface area contributed by atoms with Gasteiger partial charge in [-0.05, 0) is 30.4 Å². The zero-order chi connectivity index (χ0) is 18.1. The molecule has 0 saturated carbocycles. The second-order valence-electron chi connectivity index (χ2n) is 6.87. The van der Waals surface area contributed by atoms with Crippen LogP contribution < -0.4 is 16.1 Å². The molecule has 0 bridgehead atoms. The number of para-hydroxylation sites is 1. The number of nitrogens with zero attached hydrogens (tertiary/aromatic N) is 3. The van der Waals surface area contributed by atoms with Crippen molar-refractivity contribution in [3.05, 3.63) is 62.9 Å². The minimum absolute atomic E-state index is 0.0789. The highest BCUT2D eigenvalue weighted by Gasteiger charge is 2.32. The van der Waals surface area contributed by atoms with E-state index in [1.165, 1.54) is 23.9 Å². The van der Waals surface area contributed by atoms with Crippen LogP contribution in [0.25, 0.3) is 0 Å². The molecule has 1 aliphatic heterocycles. The van der Waals surface area contributed by atoms with E-state index in [1.807, 2.05) is 29.2 Å². The highest BCUT2D eigenvalue weighted by atomic mass is 16.2. The molecule has 132 valence electrons. The molecular formula is C19H23N3O3. The predicted molar refractivity (Wildman–Crippen MR) is 96.8 cm³/mol. The molecule has 0 saturated heterocycles. The first kappa shape index (κ1) is 17.2. The van der Waals surface area contributed by atoms with Crippen molar-refractivity contribution in [2.24, 2.45) is 13.0 Å². The third-order valence-electron chi connectivity index (χ3n) is 4.90. The summed E-state index contributed by atoms with van der Waals surface area (Å²) in [6.07, 6.45) is 3.24. The summed E-state index contributed by atoms with van der Waals surface area (Å²) in [7, 11) is 1.42. The maximum Gasteiger partial charge on any atom is 0.331 e. The number of fused-ring (bicyclic) bond motifs is 1. The standard InChI is InChI=1S/C19H23N3O3/c1-13(2)15-9-8-14-6-4-5-7-16(14)22(15)18(24)12-21-11-10-17(23)20(3)19(21)25/h4-7,10-11,13,15H,8-9,12H2,1-3H3/t15-/m1/s1. The Balaban J connectivity index is 1.98. The van der Waals surface area contributed by atoms with Gasteiger partial charge in [0.1, 0.15) is 6.54 Å². The first-order valence-electron chi connectivity index (χ1n) is 8.56. The van der Waals surface area contributed by atoms with E-state index in [9.17, 15) is 14.4 Å². The van der Waals surface area contributed by atoms with Gasteiger partial charge in [-0.3, -0.25) is 18.7 Å². The van der Waals surface area contributed by atoms with Crippen LogP contribution in [0.15, 0.2) is 46.1 Å². The fourth-order valence-electron chi connectivity index (χ4n) is 3.48. The van der Waals surface area contributed by atoms with Gasteiger partial charge in [0.05, 0.1) is 0 Å². The number of hydrogen-bond donors (Lipinski definition) is 0. The van der Waals surface area contributed by atoms with Crippen LogP contribution in [0.4, 0.5) is 5.69 Å². The van der Waals surface area contributed by atoms with Crippen molar-refractivity contribution in [2.75, 3.05) is 4.90 Å². The molecule has 3 rings (SSSR count). The van der Waals surface area contributed by atoms with Crippen LogP contribution in [0.2, 0.25) is 0 Å². The average molecular weight is 341 g/mol. The molecule has 0 aliphatic carbocycles. The molecule has 1 atom stereocenters. The molecule has 6 heteroatoms. The van der Waals surface area contributed by atoms with Gasteiger partial charge in [-0.15, -0.1) is 0 Å². The second-order valence-corrected chi connectivity index (χ2v) is 6.87. The topological polar surface area (TPSA) is 64.3 Å². The summed E-state index contributed by atoms with van der Waals surface area (Å²) >= 11 is 0.